The summed E-state index contributed by atoms with van der Waals surface area (Å²) < 4.78 is 0. The van der Waals surface area contributed by atoms with Crippen molar-refractivity contribution in [1.82, 2.24) is 9.97 Å². The van der Waals surface area contributed by atoms with Crippen LogP contribution in [0.25, 0.3) is 0 Å². The zero-order valence-electron chi connectivity index (χ0n) is 10.7. The monoisotopic (exact) mass is 294 g/mol. The molecule has 19 heavy (non-hydrogen) atoms. The molecule has 0 amide bonds. The largest absolute Gasteiger partial charge is 0.368 e. The molecule has 0 aliphatic carbocycles. The van der Waals surface area contributed by atoms with Crippen LogP contribution in [0.5, 0.6) is 0 Å². The normalized spacial score (nSPS) is 10.7. The minimum atomic E-state index is 0.195. The molecule has 1 heterocycles. The Kier molecular flexibility index (Phi) is 4.50. The number of hydrogen-bond donors (Lipinski definition) is 2. The van der Waals surface area contributed by atoms with E-state index < -0.39 is 0 Å². The summed E-state index contributed by atoms with van der Waals surface area (Å²) in [6, 6.07) is 8.02. The van der Waals surface area contributed by atoms with E-state index in [0.29, 0.717) is 16.1 Å². The van der Waals surface area contributed by atoms with E-state index in [1.54, 1.807) is 11.8 Å². The van der Waals surface area contributed by atoms with Crippen molar-refractivity contribution >= 4 is 40.8 Å². The van der Waals surface area contributed by atoms with Crippen molar-refractivity contribution in [3.05, 3.63) is 35.5 Å². The van der Waals surface area contributed by atoms with Gasteiger partial charge in [0.25, 0.3) is 0 Å². The lowest BCUT2D eigenvalue weighted by Gasteiger charge is -2.13. The first-order valence-corrected chi connectivity index (χ1v) is 7.12. The highest BCUT2D eigenvalue weighted by atomic mass is 35.5. The number of nitrogens with two attached hydrogens (primary N) is 1. The van der Waals surface area contributed by atoms with Gasteiger partial charge < -0.3 is 11.1 Å². The second-order valence-corrected chi connectivity index (χ2v) is 6.24. The van der Waals surface area contributed by atoms with Crippen molar-refractivity contribution in [2.24, 2.45) is 0 Å². The van der Waals surface area contributed by atoms with Crippen LogP contribution in [0.15, 0.2) is 35.4 Å². The molecule has 2 rings (SSSR count). The fraction of sp³-hybridized carbons (Fsp3) is 0.231. The maximum Gasteiger partial charge on any atom is 0.222 e. The molecule has 0 aliphatic rings. The molecule has 0 aliphatic heterocycles. The van der Waals surface area contributed by atoms with E-state index in [2.05, 4.69) is 35.2 Å². The molecule has 1 aromatic carbocycles. The molecule has 1 aromatic heterocycles. The Morgan fingerprint density at radius 3 is 2.79 bits per heavy atom. The van der Waals surface area contributed by atoms with E-state index in [1.165, 1.54) is 6.20 Å². The van der Waals surface area contributed by atoms with Gasteiger partial charge in [0.05, 0.1) is 11.9 Å². The van der Waals surface area contributed by atoms with Gasteiger partial charge in [-0.15, -0.1) is 11.8 Å². The van der Waals surface area contributed by atoms with Crippen LogP contribution in [-0.2, 0) is 0 Å². The van der Waals surface area contributed by atoms with Crippen LogP contribution in [0.3, 0.4) is 0 Å². The van der Waals surface area contributed by atoms with E-state index >= 15 is 0 Å². The fourth-order valence-corrected chi connectivity index (χ4v) is 2.57. The number of anilines is 3. The molecule has 0 unspecified atom stereocenters. The van der Waals surface area contributed by atoms with Gasteiger partial charge in [0.15, 0.2) is 5.82 Å². The van der Waals surface area contributed by atoms with Gasteiger partial charge in [-0.05, 0) is 12.1 Å². The SMILES string of the molecule is CC(C)Sc1ccccc1Nc1nc(N)ncc1Cl. The summed E-state index contributed by atoms with van der Waals surface area (Å²) in [5.74, 6) is 0.715. The van der Waals surface area contributed by atoms with Gasteiger partial charge >= 0.3 is 0 Å². The number of nitrogen functional groups attached to an aromatic ring is 1. The van der Waals surface area contributed by atoms with Crippen LogP contribution in [0.2, 0.25) is 5.02 Å². The minimum Gasteiger partial charge on any atom is -0.368 e. The molecule has 0 atom stereocenters. The highest BCUT2D eigenvalue weighted by molar-refractivity contribution is 8.00. The highest BCUT2D eigenvalue weighted by Gasteiger charge is 2.08. The van der Waals surface area contributed by atoms with Crippen molar-refractivity contribution in [3.63, 3.8) is 0 Å². The summed E-state index contributed by atoms with van der Waals surface area (Å²) in [5, 5.41) is 4.14. The Labute approximate surface area is 121 Å². The average Bonchev–Trinajstić information content (AvgIpc) is 2.35. The molecule has 2 aromatic rings. The molecule has 0 radical (unpaired) electrons. The quantitative estimate of drug-likeness (QED) is 0.836. The smallest absolute Gasteiger partial charge is 0.222 e. The summed E-state index contributed by atoms with van der Waals surface area (Å²) in [5.41, 5.74) is 6.53. The Hall–Kier alpha value is -1.46. The number of benzene rings is 1. The van der Waals surface area contributed by atoms with Crippen molar-refractivity contribution < 1.29 is 0 Å². The van der Waals surface area contributed by atoms with Crippen LogP contribution in [-0.4, -0.2) is 15.2 Å². The van der Waals surface area contributed by atoms with Gasteiger partial charge in [0.1, 0.15) is 5.02 Å². The Bertz CT molecular complexity index is 574. The molecule has 6 heteroatoms. The summed E-state index contributed by atoms with van der Waals surface area (Å²) in [4.78, 5) is 9.09. The number of halogens is 1. The first-order chi connectivity index (χ1) is 9.06. The number of rotatable bonds is 4. The maximum atomic E-state index is 6.05. The molecular weight excluding hydrogens is 280 g/mol. The van der Waals surface area contributed by atoms with Crippen molar-refractivity contribution in [3.8, 4) is 0 Å². The molecule has 0 bridgehead atoms. The predicted octanol–water partition coefficient (Wildman–Crippen LogP) is 3.96. The number of thioether (sulfide) groups is 1. The first kappa shape index (κ1) is 14.0. The molecule has 0 saturated heterocycles. The van der Waals surface area contributed by atoms with Crippen molar-refractivity contribution in [2.75, 3.05) is 11.1 Å². The predicted molar refractivity (Wildman–Crippen MR) is 82.2 cm³/mol. The fourth-order valence-electron chi connectivity index (χ4n) is 1.52. The average molecular weight is 295 g/mol. The highest BCUT2D eigenvalue weighted by Crippen LogP contribution is 2.33. The summed E-state index contributed by atoms with van der Waals surface area (Å²) in [7, 11) is 0. The molecule has 0 spiro atoms. The van der Waals surface area contributed by atoms with E-state index in [4.69, 9.17) is 17.3 Å². The number of nitrogens with zero attached hydrogens (tertiary/aromatic N) is 2. The second kappa shape index (κ2) is 6.12. The number of para-hydroxylation sites is 1. The summed E-state index contributed by atoms with van der Waals surface area (Å²) >= 11 is 7.83. The van der Waals surface area contributed by atoms with Crippen LogP contribution >= 0.6 is 23.4 Å². The number of aromatic nitrogens is 2. The zero-order valence-corrected chi connectivity index (χ0v) is 12.3. The standard InChI is InChI=1S/C13H15ClN4S/c1-8(2)19-11-6-4-3-5-10(11)17-12-9(14)7-16-13(15)18-12/h3-8H,1-2H3,(H3,15,16,17,18). The molecule has 3 N–H and O–H groups in total. The lowest BCUT2D eigenvalue weighted by atomic mass is 10.3. The van der Waals surface area contributed by atoms with Gasteiger partial charge in [0, 0.05) is 10.1 Å². The van der Waals surface area contributed by atoms with E-state index in [9.17, 15) is 0 Å². The molecule has 0 fully saturated rings. The lowest BCUT2D eigenvalue weighted by molar-refractivity contribution is 1.11. The van der Waals surface area contributed by atoms with Gasteiger partial charge in [-0.25, -0.2) is 4.98 Å². The second-order valence-electron chi connectivity index (χ2n) is 4.21. The van der Waals surface area contributed by atoms with Gasteiger partial charge in [0.2, 0.25) is 5.95 Å². The Morgan fingerprint density at radius 2 is 2.05 bits per heavy atom. The Balaban J connectivity index is 2.30. The van der Waals surface area contributed by atoms with Crippen LogP contribution in [0.4, 0.5) is 17.5 Å². The summed E-state index contributed by atoms with van der Waals surface area (Å²) in [6.07, 6.45) is 1.49. The van der Waals surface area contributed by atoms with Crippen LogP contribution in [0.1, 0.15) is 13.8 Å². The van der Waals surface area contributed by atoms with Gasteiger partial charge in [-0.3, -0.25) is 0 Å². The molecule has 4 nitrogen and oxygen atoms in total. The number of nitrogens with one attached hydrogen (secondary N) is 1. The van der Waals surface area contributed by atoms with E-state index in [1.807, 2.05) is 18.2 Å². The van der Waals surface area contributed by atoms with Crippen LogP contribution < -0.4 is 11.1 Å². The first-order valence-electron chi connectivity index (χ1n) is 5.87. The van der Waals surface area contributed by atoms with Gasteiger partial charge in [-0.1, -0.05) is 37.6 Å². The lowest BCUT2D eigenvalue weighted by Crippen LogP contribution is -2.01. The third-order valence-corrected chi connectivity index (χ3v) is 3.62. The zero-order chi connectivity index (χ0) is 13.8. The molecule has 100 valence electrons. The van der Waals surface area contributed by atoms with E-state index in [0.717, 1.165) is 10.6 Å². The molecular formula is C13H15ClN4S. The van der Waals surface area contributed by atoms with Gasteiger partial charge in [-0.2, -0.15) is 4.98 Å². The topological polar surface area (TPSA) is 63.8 Å². The third-order valence-electron chi connectivity index (χ3n) is 2.27. The van der Waals surface area contributed by atoms with Crippen molar-refractivity contribution in [2.45, 2.75) is 24.0 Å². The third kappa shape index (κ3) is 3.75. The summed E-state index contributed by atoms with van der Waals surface area (Å²) in [6.45, 7) is 4.30. The minimum absolute atomic E-state index is 0.195. The van der Waals surface area contributed by atoms with Crippen molar-refractivity contribution in [1.29, 1.82) is 0 Å². The Morgan fingerprint density at radius 1 is 1.32 bits per heavy atom. The maximum absolute atomic E-state index is 6.05. The molecule has 0 saturated carbocycles. The number of hydrogen-bond acceptors (Lipinski definition) is 5. The van der Waals surface area contributed by atoms with Crippen LogP contribution in [0, 0.1) is 0 Å². The van der Waals surface area contributed by atoms with E-state index in [-0.39, 0.29) is 5.95 Å².